The molecule has 25 heavy (non-hydrogen) atoms. The molecule has 0 aliphatic carbocycles. The van der Waals surface area contributed by atoms with Gasteiger partial charge in [0.1, 0.15) is 6.04 Å². The summed E-state index contributed by atoms with van der Waals surface area (Å²) in [5.74, 6) is 0.0903. The van der Waals surface area contributed by atoms with E-state index in [2.05, 4.69) is 20.5 Å². The minimum atomic E-state index is -0.318. The second-order valence-electron chi connectivity index (χ2n) is 7.02. The van der Waals surface area contributed by atoms with E-state index >= 15 is 0 Å². The third kappa shape index (κ3) is 3.23. The van der Waals surface area contributed by atoms with Crippen LogP contribution in [0.1, 0.15) is 50.5 Å². The molecule has 4 heterocycles. The molecule has 2 amide bonds. The zero-order valence-electron chi connectivity index (χ0n) is 14.2. The molecular formula is C18H23N5O2. The highest BCUT2D eigenvalue weighted by molar-refractivity contribution is 5.88. The van der Waals surface area contributed by atoms with Gasteiger partial charge in [0.25, 0.3) is 0 Å². The normalized spacial score (nSPS) is 24.0. The van der Waals surface area contributed by atoms with Gasteiger partial charge in [-0.25, -0.2) is 4.98 Å². The minimum Gasteiger partial charge on any atom is -0.350 e. The molecule has 132 valence electrons. The second-order valence-corrected chi connectivity index (χ2v) is 7.02. The molecule has 4 rings (SSSR count). The fourth-order valence-corrected chi connectivity index (χ4v) is 4.05. The van der Waals surface area contributed by atoms with Crippen LogP contribution in [-0.4, -0.2) is 44.0 Å². The van der Waals surface area contributed by atoms with Crippen LogP contribution in [0.3, 0.4) is 0 Å². The molecule has 0 aromatic carbocycles. The van der Waals surface area contributed by atoms with Crippen molar-refractivity contribution in [2.45, 2.75) is 63.6 Å². The molecule has 0 spiro atoms. The summed E-state index contributed by atoms with van der Waals surface area (Å²) >= 11 is 0. The molecule has 0 radical (unpaired) electrons. The van der Waals surface area contributed by atoms with Crippen molar-refractivity contribution >= 4 is 22.8 Å². The topological polar surface area (TPSA) is 91.0 Å². The van der Waals surface area contributed by atoms with Crippen molar-refractivity contribution in [2.75, 3.05) is 0 Å². The lowest BCUT2D eigenvalue weighted by molar-refractivity contribution is -0.141. The molecule has 2 aliphatic heterocycles. The van der Waals surface area contributed by atoms with Crippen molar-refractivity contribution in [1.29, 1.82) is 0 Å². The SMILES string of the molecule is O=C(NCc1cnc2[nH]ncc2c1)[C@@H]1CC[C@@H]2CCCCCC(=O)N21. The number of pyridine rings is 1. The number of hydrogen-bond acceptors (Lipinski definition) is 4. The van der Waals surface area contributed by atoms with Crippen LogP contribution in [0, 0.1) is 0 Å². The summed E-state index contributed by atoms with van der Waals surface area (Å²) in [6, 6.07) is 1.89. The largest absolute Gasteiger partial charge is 0.350 e. The molecule has 7 heteroatoms. The lowest BCUT2D eigenvalue weighted by Gasteiger charge is -2.31. The fraction of sp³-hybridized carbons (Fsp3) is 0.556. The van der Waals surface area contributed by atoms with E-state index in [9.17, 15) is 9.59 Å². The highest BCUT2D eigenvalue weighted by atomic mass is 16.2. The van der Waals surface area contributed by atoms with Crippen molar-refractivity contribution < 1.29 is 9.59 Å². The van der Waals surface area contributed by atoms with Crippen LogP contribution >= 0.6 is 0 Å². The van der Waals surface area contributed by atoms with Gasteiger partial charge >= 0.3 is 0 Å². The number of carbonyl (C=O) groups is 2. The molecule has 2 atom stereocenters. The summed E-state index contributed by atoms with van der Waals surface area (Å²) in [5, 5.41) is 10.7. The van der Waals surface area contributed by atoms with E-state index in [1.165, 1.54) is 0 Å². The van der Waals surface area contributed by atoms with Gasteiger partial charge in [-0.3, -0.25) is 14.7 Å². The summed E-state index contributed by atoms with van der Waals surface area (Å²) in [6.07, 6.45) is 9.96. The first-order valence-corrected chi connectivity index (χ1v) is 9.09. The maximum atomic E-state index is 12.7. The quantitative estimate of drug-likeness (QED) is 0.892. The van der Waals surface area contributed by atoms with E-state index < -0.39 is 0 Å². The third-order valence-electron chi connectivity index (χ3n) is 5.34. The van der Waals surface area contributed by atoms with E-state index in [-0.39, 0.29) is 23.9 Å². The van der Waals surface area contributed by atoms with Crippen molar-refractivity contribution in [1.82, 2.24) is 25.4 Å². The van der Waals surface area contributed by atoms with Gasteiger partial charge in [-0.05, 0) is 37.3 Å². The number of hydrogen-bond donors (Lipinski definition) is 2. The molecule has 7 nitrogen and oxygen atoms in total. The zero-order chi connectivity index (χ0) is 17.2. The number of aromatic amines is 1. The molecular weight excluding hydrogens is 318 g/mol. The monoisotopic (exact) mass is 341 g/mol. The summed E-state index contributed by atoms with van der Waals surface area (Å²) in [4.78, 5) is 31.3. The van der Waals surface area contributed by atoms with Crippen LogP contribution in [-0.2, 0) is 16.1 Å². The van der Waals surface area contributed by atoms with Crippen LogP contribution in [0.2, 0.25) is 0 Å². The smallest absolute Gasteiger partial charge is 0.243 e. The van der Waals surface area contributed by atoms with Crippen LogP contribution in [0.5, 0.6) is 0 Å². The molecule has 2 saturated heterocycles. The Morgan fingerprint density at radius 3 is 3.08 bits per heavy atom. The maximum absolute atomic E-state index is 12.7. The number of fused-ring (bicyclic) bond motifs is 2. The van der Waals surface area contributed by atoms with Crippen molar-refractivity contribution in [3.8, 4) is 0 Å². The number of nitrogens with one attached hydrogen (secondary N) is 2. The second kappa shape index (κ2) is 6.82. The van der Waals surface area contributed by atoms with Crippen molar-refractivity contribution in [3.63, 3.8) is 0 Å². The summed E-state index contributed by atoms with van der Waals surface area (Å²) in [6.45, 7) is 0.413. The van der Waals surface area contributed by atoms with Gasteiger partial charge in [0.2, 0.25) is 11.8 Å². The number of nitrogens with zero attached hydrogens (tertiary/aromatic N) is 3. The predicted molar refractivity (Wildman–Crippen MR) is 92.5 cm³/mol. The van der Waals surface area contributed by atoms with Crippen LogP contribution < -0.4 is 5.32 Å². The first-order valence-electron chi connectivity index (χ1n) is 9.09. The van der Waals surface area contributed by atoms with E-state index in [0.29, 0.717) is 13.0 Å². The molecule has 0 unspecified atom stereocenters. The highest BCUT2D eigenvalue weighted by Gasteiger charge is 2.40. The summed E-state index contributed by atoms with van der Waals surface area (Å²) in [7, 11) is 0. The Bertz CT molecular complexity index is 787. The molecule has 2 aromatic rings. The molecule has 2 aliphatic rings. The molecule has 2 aromatic heterocycles. The van der Waals surface area contributed by atoms with E-state index in [1.54, 1.807) is 12.4 Å². The summed E-state index contributed by atoms with van der Waals surface area (Å²) < 4.78 is 0. The lowest BCUT2D eigenvalue weighted by atomic mass is 10.0. The predicted octanol–water partition coefficient (Wildman–Crippen LogP) is 1.90. The first kappa shape index (κ1) is 16.1. The molecule has 0 saturated carbocycles. The molecule has 0 bridgehead atoms. The average Bonchev–Trinajstić information content (AvgIpc) is 3.23. The van der Waals surface area contributed by atoms with Gasteiger partial charge in [-0.2, -0.15) is 5.10 Å². The number of carbonyl (C=O) groups excluding carboxylic acids is 2. The minimum absolute atomic E-state index is 0.0521. The number of amides is 2. The Balaban J connectivity index is 1.42. The number of aromatic nitrogens is 3. The number of rotatable bonds is 3. The number of H-pyrrole nitrogens is 1. The van der Waals surface area contributed by atoms with Crippen molar-refractivity contribution in [3.05, 3.63) is 24.0 Å². The Hall–Kier alpha value is -2.44. The fourth-order valence-electron chi connectivity index (χ4n) is 4.05. The van der Waals surface area contributed by atoms with Gasteiger partial charge in [0.05, 0.1) is 6.20 Å². The van der Waals surface area contributed by atoms with E-state index in [0.717, 1.165) is 55.1 Å². The lowest BCUT2D eigenvalue weighted by Crippen LogP contribution is -2.49. The van der Waals surface area contributed by atoms with Gasteiger partial charge in [-0.15, -0.1) is 0 Å². The Kier molecular flexibility index (Phi) is 4.38. The Morgan fingerprint density at radius 2 is 2.16 bits per heavy atom. The van der Waals surface area contributed by atoms with Gasteiger partial charge in [-0.1, -0.05) is 12.8 Å². The van der Waals surface area contributed by atoms with Crippen LogP contribution in [0.25, 0.3) is 11.0 Å². The third-order valence-corrected chi connectivity index (χ3v) is 5.34. The van der Waals surface area contributed by atoms with E-state index in [4.69, 9.17) is 0 Å². The maximum Gasteiger partial charge on any atom is 0.243 e. The zero-order valence-corrected chi connectivity index (χ0v) is 14.2. The van der Waals surface area contributed by atoms with Crippen LogP contribution in [0.4, 0.5) is 0 Å². The van der Waals surface area contributed by atoms with E-state index in [1.807, 2.05) is 11.0 Å². The van der Waals surface area contributed by atoms with Gasteiger partial charge in [0.15, 0.2) is 5.65 Å². The van der Waals surface area contributed by atoms with Gasteiger partial charge in [0, 0.05) is 30.6 Å². The van der Waals surface area contributed by atoms with Crippen LogP contribution in [0.15, 0.2) is 18.5 Å². The average molecular weight is 341 g/mol. The Labute approximate surface area is 146 Å². The molecule has 2 N–H and O–H groups in total. The highest BCUT2D eigenvalue weighted by Crippen LogP contribution is 2.31. The standard InChI is InChI=1S/C18H23N5O2/c24-16-5-3-1-2-4-14-6-7-15(23(14)16)18(25)20-10-12-8-13-11-21-22-17(13)19-9-12/h8-9,11,14-15H,1-7,10H2,(H,20,25)(H,19,21,22)/t14-,15-/m0/s1. The molecule has 2 fully saturated rings. The Morgan fingerprint density at radius 1 is 1.24 bits per heavy atom. The first-order chi connectivity index (χ1) is 12.2. The summed E-state index contributed by atoms with van der Waals surface area (Å²) in [5.41, 5.74) is 1.66. The van der Waals surface area contributed by atoms with Gasteiger partial charge < -0.3 is 10.2 Å². The van der Waals surface area contributed by atoms with Crippen molar-refractivity contribution in [2.24, 2.45) is 0 Å².